The zero-order valence-electron chi connectivity index (χ0n) is 21.2. The van der Waals surface area contributed by atoms with Crippen LogP contribution in [-0.4, -0.2) is 64.6 Å². The fourth-order valence-electron chi connectivity index (χ4n) is 4.34. The Morgan fingerprint density at radius 1 is 1.29 bits per heavy atom. The first-order valence-electron chi connectivity index (χ1n) is 12.4. The van der Waals surface area contributed by atoms with Gasteiger partial charge in [-0.15, -0.1) is 0 Å². The number of aromatic nitrogens is 2. The van der Waals surface area contributed by atoms with Crippen molar-refractivity contribution in [2.45, 2.75) is 25.9 Å². The molecular weight excluding hydrogens is 488 g/mol. The van der Waals surface area contributed by atoms with Crippen LogP contribution in [0.3, 0.4) is 0 Å². The number of amides is 2. The van der Waals surface area contributed by atoms with Crippen molar-refractivity contribution in [2.75, 3.05) is 26.7 Å². The molecule has 0 bridgehead atoms. The normalized spacial score (nSPS) is 18.9. The summed E-state index contributed by atoms with van der Waals surface area (Å²) in [5.41, 5.74) is 3.07. The molecule has 0 saturated carbocycles. The van der Waals surface area contributed by atoms with Crippen molar-refractivity contribution in [3.05, 3.63) is 84.0 Å². The highest BCUT2D eigenvalue weighted by Crippen LogP contribution is 2.29. The number of pyridine rings is 2. The molecule has 0 aromatic carbocycles. The fourth-order valence-corrected chi connectivity index (χ4v) is 4.34. The van der Waals surface area contributed by atoms with Crippen molar-refractivity contribution in [2.24, 2.45) is 0 Å². The lowest BCUT2D eigenvalue weighted by molar-refractivity contribution is -0.126. The number of likely N-dealkylation sites (N-methyl/N-ethyl adjacent to an activating group) is 1. The molecule has 4 heterocycles. The monoisotopic (exact) mass is 516 g/mol. The van der Waals surface area contributed by atoms with Gasteiger partial charge in [0.2, 0.25) is 17.7 Å². The van der Waals surface area contributed by atoms with E-state index in [2.05, 4.69) is 16.0 Å². The molecule has 1 atom stereocenters. The number of carbonyl (C=O) groups excluding carboxylic acids is 2. The molecule has 1 saturated heterocycles. The summed E-state index contributed by atoms with van der Waals surface area (Å²) < 4.78 is 22.2. The Bertz CT molecular complexity index is 1390. The second-order valence-electron chi connectivity index (χ2n) is 8.78. The summed E-state index contributed by atoms with van der Waals surface area (Å²) >= 11 is 0. The van der Waals surface area contributed by atoms with E-state index in [-0.39, 0.29) is 24.9 Å². The van der Waals surface area contributed by atoms with Crippen LogP contribution in [0.5, 0.6) is 5.88 Å². The van der Waals surface area contributed by atoms with Crippen molar-refractivity contribution in [1.29, 1.82) is 0 Å². The summed E-state index contributed by atoms with van der Waals surface area (Å²) in [5, 5.41) is 0. The molecule has 10 heteroatoms. The zero-order chi connectivity index (χ0) is 26.5. The number of hydrogen-bond acceptors (Lipinski definition) is 8. The van der Waals surface area contributed by atoms with E-state index in [9.17, 15) is 9.59 Å². The Kier molecular flexibility index (Phi) is 7.39. The molecule has 2 amide bonds. The van der Waals surface area contributed by atoms with Gasteiger partial charge in [0.15, 0.2) is 12.0 Å². The Morgan fingerprint density at radius 3 is 2.97 bits per heavy atom. The summed E-state index contributed by atoms with van der Waals surface area (Å²) in [6, 6.07) is 5.34. The third-order valence-corrected chi connectivity index (χ3v) is 6.35. The van der Waals surface area contributed by atoms with Crippen LogP contribution < -0.4 is 4.74 Å². The Balaban J connectivity index is 1.22. The highest BCUT2D eigenvalue weighted by molar-refractivity contribution is 5.94. The molecule has 0 radical (unpaired) electrons. The SMILES string of the molecule is CCN(C[C@@H]1CN(C2=COC=C(C3=CC=CCC3)O2)C(=O)O1)C(=O)/C=C/c1ccnc2ccc(OC)nc12. The first kappa shape index (κ1) is 25.1. The number of fused-ring (bicyclic) bond motifs is 1. The molecule has 0 spiro atoms. The topological polar surface area (TPSA) is 103 Å². The molecule has 1 fully saturated rings. The van der Waals surface area contributed by atoms with Gasteiger partial charge in [-0.3, -0.25) is 9.78 Å². The minimum Gasteiger partial charge on any atom is -0.481 e. The number of cyclic esters (lactones) is 1. The van der Waals surface area contributed by atoms with Gasteiger partial charge in [0, 0.05) is 30.4 Å². The van der Waals surface area contributed by atoms with Crippen LogP contribution in [0, 0.1) is 0 Å². The number of rotatable bonds is 8. The first-order valence-corrected chi connectivity index (χ1v) is 12.4. The van der Waals surface area contributed by atoms with E-state index in [1.54, 1.807) is 36.4 Å². The fraction of sp³-hybridized carbons (Fsp3) is 0.286. The van der Waals surface area contributed by atoms with E-state index in [4.69, 9.17) is 18.9 Å². The van der Waals surface area contributed by atoms with Crippen LogP contribution in [0.25, 0.3) is 17.1 Å². The van der Waals surface area contributed by atoms with Gasteiger partial charge in [-0.25, -0.2) is 14.7 Å². The smallest absolute Gasteiger partial charge is 0.417 e. The molecule has 0 N–H and O–H groups in total. The number of nitrogens with zero attached hydrogens (tertiary/aromatic N) is 4. The quantitative estimate of drug-likeness (QED) is 0.479. The van der Waals surface area contributed by atoms with Crippen molar-refractivity contribution >= 4 is 29.1 Å². The standard InChI is InChI=1S/C28H28N4O6/c1-3-31(25(33)12-9-20-13-14-29-22-10-11-24(35-2)30-27(20)22)15-21-16-32(28(34)37-21)26-18-36-17-23(38-26)19-7-5-4-6-8-19/h4-5,7,9-14,17-18,21H,3,6,8,15-16H2,1-2H3/b12-9+/t21-/m1/s1. The van der Waals surface area contributed by atoms with Crippen LogP contribution in [0.2, 0.25) is 0 Å². The van der Waals surface area contributed by atoms with Crippen LogP contribution >= 0.6 is 0 Å². The van der Waals surface area contributed by atoms with Crippen LogP contribution in [0.1, 0.15) is 25.3 Å². The third kappa shape index (κ3) is 5.39. The summed E-state index contributed by atoms with van der Waals surface area (Å²) in [6.07, 6.45) is 14.4. The lowest BCUT2D eigenvalue weighted by Gasteiger charge is -2.24. The molecule has 196 valence electrons. The lowest BCUT2D eigenvalue weighted by Crippen LogP contribution is -2.38. The molecular formula is C28H28N4O6. The summed E-state index contributed by atoms with van der Waals surface area (Å²) in [6.45, 7) is 2.78. The molecule has 38 heavy (non-hydrogen) atoms. The van der Waals surface area contributed by atoms with E-state index in [0.29, 0.717) is 29.2 Å². The van der Waals surface area contributed by atoms with E-state index in [1.807, 2.05) is 25.1 Å². The summed E-state index contributed by atoms with van der Waals surface area (Å²) in [5.74, 6) is 1.07. The van der Waals surface area contributed by atoms with Crippen LogP contribution in [-0.2, 0) is 19.0 Å². The highest BCUT2D eigenvalue weighted by atomic mass is 16.6. The molecule has 0 unspecified atom stereocenters. The van der Waals surface area contributed by atoms with Crippen molar-refractivity contribution in [1.82, 2.24) is 19.8 Å². The molecule has 10 nitrogen and oxygen atoms in total. The van der Waals surface area contributed by atoms with Gasteiger partial charge < -0.3 is 23.8 Å². The van der Waals surface area contributed by atoms with Gasteiger partial charge in [-0.1, -0.05) is 18.2 Å². The molecule has 1 aliphatic carbocycles. The molecule has 5 rings (SSSR count). The second-order valence-corrected chi connectivity index (χ2v) is 8.78. The minimum atomic E-state index is -0.550. The van der Waals surface area contributed by atoms with Gasteiger partial charge in [-0.2, -0.15) is 0 Å². The molecule has 3 aliphatic rings. The van der Waals surface area contributed by atoms with Crippen LogP contribution in [0.15, 0.2) is 78.4 Å². The van der Waals surface area contributed by atoms with Crippen LogP contribution in [0.4, 0.5) is 4.79 Å². The molecule has 2 aliphatic heterocycles. The van der Waals surface area contributed by atoms with Gasteiger partial charge in [-0.05, 0) is 43.5 Å². The van der Waals surface area contributed by atoms with Crippen molar-refractivity contribution in [3.8, 4) is 5.88 Å². The summed E-state index contributed by atoms with van der Waals surface area (Å²) in [4.78, 5) is 37.4. The van der Waals surface area contributed by atoms with Crippen molar-refractivity contribution < 1.29 is 28.5 Å². The highest BCUT2D eigenvalue weighted by Gasteiger charge is 2.37. The van der Waals surface area contributed by atoms with Crippen molar-refractivity contribution in [3.63, 3.8) is 0 Å². The maximum Gasteiger partial charge on any atom is 0.417 e. The molecule has 2 aromatic rings. The Labute approximate surface area is 220 Å². The number of carbonyl (C=O) groups is 2. The molecule has 2 aromatic heterocycles. The maximum absolute atomic E-state index is 13.0. The van der Waals surface area contributed by atoms with Gasteiger partial charge in [0.1, 0.15) is 12.4 Å². The third-order valence-electron chi connectivity index (χ3n) is 6.35. The average molecular weight is 517 g/mol. The number of ether oxygens (including phenoxy) is 4. The lowest BCUT2D eigenvalue weighted by atomic mass is 10.0. The second kappa shape index (κ2) is 11.2. The van der Waals surface area contributed by atoms with E-state index < -0.39 is 12.2 Å². The van der Waals surface area contributed by atoms with E-state index >= 15 is 0 Å². The van der Waals surface area contributed by atoms with Gasteiger partial charge >= 0.3 is 6.09 Å². The minimum absolute atomic E-state index is 0.214. The number of methoxy groups -OCH3 is 1. The van der Waals surface area contributed by atoms with Gasteiger partial charge in [0.05, 0.1) is 31.2 Å². The zero-order valence-corrected chi connectivity index (χ0v) is 21.2. The number of hydrogen-bond donors (Lipinski definition) is 0. The first-order chi connectivity index (χ1) is 18.6. The Hall–Kier alpha value is -4.60. The number of allylic oxidation sites excluding steroid dienone is 4. The Morgan fingerprint density at radius 2 is 2.18 bits per heavy atom. The van der Waals surface area contributed by atoms with E-state index in [1.165, 1.54) is 23.5 Å². The predicted octanol–water partition coefficient (Wildman–Crippen LogP) is 4.28. The van der Waals surface area contributed by atoms with Gasteiger partial charge in [0.25, 0.3) is 0 Å². The summed E-state index contributed by atoms with van der Waals surface area (Å²) in [7, 11) is 1.55. The maximum atomic E-state index is 13.0. The predicted molar refractivity (Wildman–Crippen MR) is 139 cm³/mol. The largest absolute Gasteiger partial charge is 0.481 e. The van der Waals surface area contributed by atoms with E-state index in [0.717, 1.165) is 24.0 Å². The average Bonchev–Trinajstić information content (AvgIpc) is 3.34.